The Bertz CT molecular complexity index is 292. The summed E-state index contributed by atoms with van der Waals surface area (Å²) in [6.45, 7) is 9.45. The lowest BCUT2D eigenvalue weighted by Gasteiger charge is -2.15. The fourth-order valence-electron chi connectivity index (χ4n) is 1.65. The highest BCUT2D eigenvalue weighted by molar-refractivity contribution is 7.80. The van der Waals surface area contributed by atoms with Gasteiger partial charge in [0.25, 0.3) is 0 Å². The molecule has 0 saturated carbocycles. The van der Waals surface area contributed by atoms with E-state index in [-0.39, 0.29) is 0 Å². The molecule has 0 rings (SSSR count). The number of unbranched alkanes of at least 4 members (excludes halogenated alkanes) is 3. The number of rotatable bonds is 10. The van der Waals surface area contributed by atoms with Crippen LogP contribution >= 0.6 is 0 Å². The Balaban J connectivity index is 0. The van der Waals surface area contributed by atoms with Gasteiger partial charge >= 0.3 is 10.4 Å². The van der Waals surface area contributed by atoms with Crippen molar-refractivity contribution in [1.29, 1.82) is 0 Å². The largest absolute Gasteiger partial charge is 0.397 e. The Morgan fingerprint density at radius 1 is 1.10 bits per heavy atom. The van der Waals surface area contributed by atoms with Crippen molar-refractivity contribution in [2.75, 3.05) is 27.2 Å². The van der Waals surface area contributed by atoms with Gasteiger partial charge in [-0.15, -0.1) is 0 Å². The van der Waals surface area contributed by atoms with Crippen molar-refractivity contribution in [1.82, 2.24) is 4.90 Å². The van der Waals surface area contributed by atoms with Gasteiger partial charge in [0.05, 0.1) is 7.11 Å². The predicted molar refractivity (Wildman–Crippen MR) is 84.3 cm³/mol. The van der Waals surface area contributed by atoms with Crippen LogP contribution in [0.4, 0.5) is 0 Å². The van der Waals surface area contributed by atoms with Gasteiger partial charge in [-0.2, -0.15) is 8.42 Å². The molecule has 0 atom stereocenters. The van der Waals surface area contributed by atoms with Crippen LogP contribution in [0.1, 0.15) is 59.3 Å². The molecule has 0 aliphatic heterocycles. The SMILES string of the molecule is CCCCN(C)CCCCCC(C)C.COS(=O)(=O)O. The Morgan fingerprint density at radius 3 is 2.00 bits per heavy atom. The van der Waals surface area contributed by atoms with E-state index < -0.39 is 10.4 Å². The summed E-state index contributed by atoms with van der Waals surface area (Å²) in [6.07, 6.45) is 8.28. The van der Waals surface area contributed by atoms with E-state index in [0.29, 0.717) is 0 Å². The first-order valence-electron chi connectivity index (χ1n) is 7.44. The first-order valence-corrected chi connectivity index (χ1v) is 8.81. The minimum absolute atomic E-state index is 0.870. The molecule has 0 aliphatic carbocycles. The average Bonchev–Trinajstić information content (AvgIpc) is 2.35. The highest BCUT2D eigenvalue weighted by Crippen LogP contribution is 2.08. The summed E-state index contributed by atoms with van der Waals surface area (Å²) < 4.78 is 29.7. The van der Waals surface area contributed by atoms with Gasteiger partial charge in [-0.25, -0.2) is 0 Å². The zero-order valence-corrected chi connectivity index (χ0v) is 14.6. The first-order chi connectivity index (χ1) is 9.22. The van der Waals surface area contributed by atoms with E-state index in [9.17, 15) is 8.42 Å². The molecule has 0 aliphatic rings. The van der Waals surface area contributed by atoms with Crippen molar-refractivity contribution in [2.24, 2.45) is 5.92 Å². The summed E-state index contributed by atoms with van der Waals surface area (Å²) in [5.74, 6) is 0.882. The molecule has 5 nitrogen and oxygen atoms in total. The second kappa shape index (κ2) is 13.8. The van der Waals surface area contributed by atoms with Gasteiger partial charge in [-0.1, -0.05) is 46.5 Å². The first kappa shape index (κ1) is 22.1. The molecule has 0 fully saturated rings. The third-order valence-electron chi connectivity index (χ3n) is 2.93. The van der Waals surface area contributed by atoms with Crippen LogP contribution in [-0.2, 0) is 14.6 Å². The van der Waals surface area contributed by atoms with Gasteiger partial charge in [-0.05, 0) is 38.9 Å². The normalized spacial score (nSPS) is 11.6. The second-order valence-electron chi connectivity index (χ2n) is 5.49. The average molecular weight is 311 g/mol. The molecule has 0 heterocycles. The van der Waals surface area contributed by atoms with E-state index >= 15 is 0 Å². The van der Waals surface area contributed by atoms with E-state index in [2.05, 4.69) is 36.9 Å². The van der Waals surface area contributed by atoms with Crippen LogP contribution in [0, 0.1) is 5.92 Å². The third-order valence-corrected chi connectivity index (χ3v) is 3.35. The molecule has 20 heavy (non-hydrogen) atoms. The van der Waals surface area contributed by atoms with E-state index in [1.165, 1.54) is 51.6 Å². The molecule has 0 saturated heterocycles. The summed E-state index contributed by atoms with van der Waals surface area (Å²) in [5, 5.41) is 0. The van der Waals surface area contributed by atoms with Crippen LogP contribution in [0.15, 0.2) is 0 Å². The number of hydrogen-bond donors (Lipinski definition) is 1. The maximum absolute atomic E-state index is 9.33. The number of hydrogen-bond acceptors (Lipinski definition) is 4. The predicted octanol–water partition coefficient (Wildman–Crippen LogP) is 3.37. The van der Waals surface area contributed by atoms with E-state index in [1.807, 2.05) is 0 Å². The van der Waals surface area contributed by atoms with Crippen molar-refractivity contribution in [2.45, 2.75) is 59.3 Å². The zero-order chi connectivity index (χ0) is 16.0. The lowest BCUT2D eigenvalue weighted by Crippen LogP contribution is -2.20. The van der Waals surface area contributed by atoms with Gasteiger partial charge < -0.3 is 4.90 Å². The van der Waals surface area contributed by atoms with Crippen LogP contribution in [0.3, 0.4) is 0 Å². The molecule has 0 spiro atoms. The Kier molecular flexibility index (Phi) is 15.3. The highest BCUT2D eigenvalue weighted by atomic mass is 32.3. The monoisotopic (exact) mass is 311 g/mol. The third kappa shape index (κ3) is 23.0. The van der Waals surface area contributed by atoms with E-state index in [0.717, 1.165) is 13.0 Å². The van der Waals surface area contributed by atoms with Crippen molar-refractivity contribution < 1.29 is 17.2 Å². The van der Waals surface area contributed by atoms with Crippen molar-refractivity contribution in [3.05, 3.63) is 0 Å². The molecular formula is C14H33NO4S. The molecule has 0 radical (unpaired) electrons. The summed E-state index contributed by atoms with van der Waals surface area (Å²) >= 11 is 0. The standard InChI is InChI=1S/C13H29N.CH4O4S/c1-5-6-11-14(4)12-9-7-8-10-13(2)3;1-5-6(2,3)4/h13H,5-12H2,1-4H3;1H3,(H,2,3,4). The van der Waals surface area contributed by atoms with E-state index in [4.69, 9.17) is 4.55 Å². The fourth-order valence-corrected chi connectivity index (χ4v) is 1.65. The van der Waals surface area contributed by atoms with Gasteiger partial charge in [0, 0.05) is 0 Å². The molecule has 0 bridgehead atoms. The Hall–Kier alpha value is -0.170. The van der Waals surface area contributed by atoms with Crippen molar-refractivity contribution in [3.63, 3.8) is 0 Å². The zero-order valence-electron chi connectivity index (χ0n) is 13.8. The molecule has 124 valence electrons. The summed E-state index contributed by atoms with van der Waals surface area (Å²) in [4.78, 5) is 2.47. The molecule has 0 aromatic carbocycles. The Morgan fingerprint density at radius 2 is 1.60 bits per heavy atom. The van der Waals surface area contributed by atoms with Gasteiger partial charge in [0.1, 0.15) is 0 Å². The lowest BCUT2D eigenvalue weighted by molar-refractivity contribution is 0.317. The highest BCUT2D eigenvalue weighted by Gasteiger charge is 1.98. The second-order valence-corrected chi connectivity index (χ2v) is 6.68. The molecular weight excluding hydrogens is 278 g/mol. The minimum atomic E-state index is -4.16. The lowest BCUT2D eigenvalue weighted by atomic mass is 10.1. The summed E-state index contributed by atoms with van der Waals surface area (Å²) in [5.41, 5.74) is 0. The summed E-state index contributed by atoms with van der Waals surface area (Å²) in [7, 11) is -1.04. The molecule has 0 aromatic heterocycles. The van der Waals surface area contributed by atoms with Crippen LogP contribution in [-0.4, -0.2) is 45.1 Å². The quantitative estimate of drug-likeness (QED) is 0.495. The molecule has 0 unspecified atom stereocenters. The van der Waals surface area contributed by atoms with Gasteiger partial charge in [-0.3, -0.25) is 8.74 Å². The number of nitrogens with zero attached hydrogens (tertiary/aromatic N) is 1. The topological polar surface area (TPSA) is 66.8 Å². The molecule has 0 aromatic rings. The van der Waals surface area contributed by atoms with Crippen LogP contribution in [0.5, 0.6) is 0 Å². The van der Waals surface area contributed by atoms with Crippen molar-refractivity contribution in [3.8, 4) is 0 Å². The Labute approximate surface area is 125 Å². The van der Waals surface area contributed by atoms with E-state index in [1.54, 1.807) is 0 Å². The van der Waals surface area contributed by atoms with Crippen LogP contribution in [0.2, 0.25) is 0 Å². The summed E-state index contributed by atoms with van der Waals surface area (Å²) in [6, 6.07) is 0. The van der Waals surface area contributed by atoms with Crippen LogP contribution in [0.25, 0.3) is 0 Å². The fraction of sp³-hybridized carbons (Fsp3) is 1.00. The van der Waals surface area contributed by atoms with Crippen molar-refractivity contribution >= 4 is 10.4 Å². The smallest absolute Gasteiger partial charge is 0.306 e. The molecule has 0 amide bonds. The van der Waals surface area contributed by atoms with Gasteiger partial charge in [0.15, 0.2) is 0 Å². The maximum Gasteiger partial charge on any atom is 0.397 e. The minimum Gasteiger partial charge on any atom is -0.306 e. The van der Waals surface area contributed by atoms with Crippen LogP contribution < -0.4 is 0 Å². The molecule has 6 heteroatoms. The van der Waals surface area contributed by atoms with Gasteiger partial charge in [0.2, 0.25) is 0 Å². The maximum atomic E-state index is 9.33. The molecule has 1 N–H and O–H groups in total.